The van der Waals surface area contributed by atoms with Gasteiger partial charge in [0.2, 0.25) is 5.91 Å². The van der Waals surface area contributed by atoms with E-state index < -0.39 is 0 Å². The molecule has 1 saturated carbocycles. The van der Waals surface area contributed by atoms with Gasteiger partial charge in [-0.2, -0.15) is 0 Å². The zero-order valence-corrected chi connectivity index (χ0v) is 12.8. The fraction of sp³-hybridized carbons (Fsp3) is 0.500. The summed E-state index contributed by atoms with van der Waals surface area (Å²) in [6.45, 7) is 2.28. The van der Waals surface area contributed by atoms with E-state index in [0.29, 0.717) is 12.3 Å². The molecule has 1 aromatic heterocycles. The van der Waals surface area contributed by atoms with Gasteiger partial charge in [-0.05, 0) is 53.3 Å². The summed E-state index contributed by atoms with van der Waals surface area (Å²) >= 11 is 0. The van der Waals surface area contributed by atoms with Crippen molar-refractivity contribution in [3.8, 4) is 5.69 Å². The Morgan fingerprint density at radius 2 is 2.32 bits per heavy atom. The lowest BCUT2D eigenvalue weighted by Crippen LogP contribution is -2.21. The van der Waals surface area contributed by atoms with Gasteiger partial charge in [0.1, 0.15) is 6.33 Å². The molecule has 0 aliphatic heterocycles. The normalized spacial score (nSPS) is 21.5. The average molecular weight is 299 g/mol. The predicted molar refractivity (Wildman–Crippen MR) is 83.5 cm³/mol. The number of aromatic nitrogens is 4. The van der Waals surface area contributed by atoms with E-state index in [1.807, 2.05) is 24.3 Å². The number of rotatable bonds is 4. The Hall–Kier alpha value is -2.24. The monoisotopic (exact) mass is 299 g/mol. The molecule has 1 aliphatic rings. The fourth-order valence-corrected chi connectivity index (χ4v) is 3.23. The van der Waals surface area contributed by atoms with E-state index in [9.17, 15) is 4.79 Å². The van der Waals surface area contributed by atoms with Crippen molar-refractivity contribution in [2.45, 2.75) is 39.0 Å². The molecule has 3 rings (SSSR count). The van der Waals surface area contributed by atoms with Crippen LogP contribution in [0.3, 0.4) is 0 Å². The van der Waals surface area contributed by atoms with E-state index in [2.05, 4.69) is 27.8 Å². The Morgan fingerprint density at radius 1 is 1.41 bits per heavy atom. The maximum absolute atomic E-state index is 12.2. The second-order valence-electron chi connectivity index (χ2n) is 6.19. The van der Waals surface area contributed by atoms with E-state index in [1.165, 1.54) is 25.6 Å². The highest BCUT2D eigenvalue weighted by Crippen LogP contribution is 2.30. The molecule has 1 N–H and O–H groups in total. The standard InChI is InChI=1S/C16H21N5O/c1-12-4-2-5-13(8-12)9-16(22)18-14-6-3-7-15(10-14)21-11-17-19-20-21/h3,6-7,10-13H,2,4-5,8-9H2,1H3,(H,18,22). The summed E-state index contributed by atoms with van der Waals surface area (Å²) in [5.41, 5.74) is 1.61. The van der Waals surface area contributed by atoms with Gasteiger partial charge in [0.15, 0.2) is 0 Å². The second kappa shape index (κ2) is 6.68. The maximum atomic E-state index is 12.2. The van der Waals surface area contributed by atoms with Gasteiger partial charge >= 0.3 is 0 Å². The van der Waals surface area contributed by atoms with Crippen molar-refractivity contribution < 1.29 is 4.79 Å². The third-order valence-corrected chi connectivity index (χ3v) is 4.26. The molecule has 22 heavy (non-hydrogen) atoms. The summed E-state index contributed by atoms with van der Waals surface area (Å²) in [7, 11) is 0. The number of anilines is 1. The van der Waals surface area contributed by atoms with Crippen molar-refractivity contribution >= 4 is 11.6 Å². The lowest BCUT2D eigenvalue weighted by Gasteiger charge is -2.26. The minimum Gasteiger partial charge on any atom is -0.326 e. The highest BCUT2D eigenvalue weighted by molar-refractivity contribution is 5.91. The predicted octanol–water partition coefficient (Wildman–Crippen LogP) is 2.82. The fourth-order valence-electron chi connectivity index (χ4n) is 3.23. The number of carbonyl (C=O) groups excluding carboxylic acids is 1. The van der Waals surface area contributed by atoms with Crippen LogP contribution in [0.25, 0.3) is 5.69 Å². The number of amides is 1. The van der Waals surface area contributed by atoms with Gasteiger partial charge < -0.3 is 5.32 Å². The van der Waals surface area contributed by atoms with Crippen LogP contribution in [-0.2, 0) is 4.79 Å². The largest absolute Gasteiger partial charge is 0.326 e. The van der Waals surface area contributed by atoms with Crippen LogP contribution in [0.2, 0.25) is 0 Å². The summed E-state index contributed by atoms with van der Waals surface area (Å²) in [5, 5.41) is 14.1. The van der Waals surface area contributed by atoms with Crippen molar-refractivity contribution in [1.29, 1.82) is 0 Å². The highest BCUT2D eigenvalue weighted by atomic mass is 16.1. The number of hydrogen-bond donors (Lipinski definition) is 1. The van der Waals surface area contributed by atoms with Gasteiger partial charge in [-0.3, -0.25) is 4.79 Å². The van der Waals surface area contributed by atoms with Crippen LogP contribution in [0.1, 0.15) is 39.0 Å². The van der Waals surface area contributed by atoms with Crippen molar-refractivity contribution in [3.05, 3.63) is 30.6 Å². The zero-order valence-electron chi connectivity index (χ0n) is 12.8. The Labute approximate surface area is 129 Å². The molecule has 1 aromatic carbocycles. The van der Waals surface area contributed by atoms with Crippen molar-refractivity contribution in [1.82, 2.24) is 20.2 Å². The number of hydrogen-bond acceptors (Lipinski definition) is 4. The molecule has 2 unspecified atom stereocenters. The van der Waals surface area contributed by atoms with Gasteiger partial charge in [-0.25, -0.2) is 4.68 Å². The second-order valence-corrected chi connectivity index (χ2v) is 6.19. The van der Waals surface area contributed by atoms with Crippen LogP contribution in [0.4, 0.5) is 5.69 Å². The van der Waals surface area contributed by atoms with Crippen molar-refractivity contribution in [2.24, 2.45) is 11.8 Å². The van der Waals surface area contributed by atoms with E-state index in [4.69, 9.17) is 0 Å². The number of tetrazole rings is 1. The van der Waals surface area contributed by atoms with Gasteiger partial charge in [-0.15, -0.1) is 5.10 Å². The molecule has 116 valence electrons. The lowest BCUT2D eigenvalue weighted by molar-refractivity contribution is -0.117. The summed E-state index contributed by atoms with van der Waals surface area (Å²) < 4.78 is 1.57. The third kappa shape index (κ3) is 3.69. The molecule has 0 radical (unpaired) electrons. The summed E-state index contributed by atoms with van der Waals surface area (Å²) in [6.07, 6.45) is 7.02. The molecule has 1 fully saturated rings. The van der Waals surface area contributed by atoms with Crippen molar-refractivity contribution in [2.75, 3.05) is 5.32 Å². The van der Waals surface area contributed by atoms with E-state index in [-0.39, 0.29) is 5.91 Å². The van der Waals surface area contributed by atoms with Crippen LogP contribution < -0.4 is 5.32 Å². The van der Waals surface area contributed by atoms with Crippen molar-refractivity contribution in [3.63, 3.8) is 0 Å². The quantitative estimate of drug-likeness (QED) is 0.942. The molecule has 0 spiro atoms. The summed E-state index contributed by atoms with van der Waals surface area (Å²) in [6, 6.07) is 7.54. The first kappa shape index (κ1) is 14.7. The van der Waals surface area contributed by atoms with E-state index >= 15 is 0 Å². The van der Waals surface area contributed by atoms with Crippen LogP contribution in [0.15, 0.2) is 30.6 Å². The minimum absolute atomic E-state index is 0.0907. The highest BCUT2D eigenvalue weighted by Gasteiger charge is 2.21. The first-order valence-corrected chi connectivity index (χ1v) is 7.84. The van der Waals surface area contributed by atoms with Gasteiger partial charge in [-0.1, -0.05) is 25.8 Å². The molecule has 2 atom stereocenters. The molecular weight excluding hydrogens is 278 g/mol. The Bertz CT molecular complexity index is 625. The van der Waals surface area contributed by atoms with Crippen LogP contribution in [0.5, 0.6) is 0 Å². The molecule has 1 amide bonds. The number of carbonyl (C=O) groups is 1. The molecule has 6 nitrogen and oxygen atoms in total. The molecule has 6 heteroatoms. The van der Waals surface area contributed by atoms with E-state index in [0.717, 1.165) is 23.7 Å². The zero-order chi connectivity index (χ0) is 15.4. The smallest absolute Gasteiger partial charge is 0.224 e. The molecule has 2 aromatic rings. The van der Waals surface area contributed by atoms with Gasteiger partial charge in [0, 0.05) is 12.1 Å². The lowest BCUT2D eigenvalue weighted by atomic mass is 9.81. The molecular formula is C16H21N5O. The Balaban J connectivity index is 1.60. The molecule has 1 heterocycles. The number of benzene rings is 1. The Kier molecular flexibility index (Phi) is 4.46. The third-order valence-electron chi connectivity index (χ3n) is 4.26. The number of nitrogens with one attached hydrogen (secondary N) is 1. The van der Waals surface area contributed by atoms with Crippen LogP contribution >= 0.6 is 0 Å². The Morgan fingerprint density at radius 3 is 3.09 bits per heavy atom. The van der Waals surface area contributed by atoms with Gasteiger partial charge in [0.05, 0.1) is 5.69 Å². The minimum atomic E-state index is 0.0907. The SMILES string of the molecule is CC1CCCC(CC(=O)Nc2cccc(-n3cnnn3)c2)C1. The van der Waals surface area contributed by atoms with Gasteiger partial charge in [0.25, 0.3) is 0 Å². The first-order valence-electron chi connectivity index (χ1n) is 7.84. The number of nitrogens with zero attached hydrogens (tertiary/aromatic N) is 4. The first-order chi connectivity index (χ1) is 10.7. The topological polar surface area (TPSA) is 72.7 Å². The van der Waals surface area contributed by atoms with E-state index in [1.54, 1.807) is 4.68 Å². The maximum Gasteiger partial charge on any atom is 0.224 e. The molecule has 0 saturated heterocycles. The van der Waals surface area contributed by atoms with Crippen LogP contribution in [0, 0.1) is 11.8 Å². The van der Waals surface area contributed by atoms with Crippen LogP contribution in [-0.4, -0.2) is 26.1 Å². The molecule has 1 aliphatic carbocycles. The summed E-state index contributed by atoms with van der Waals surface area (Å²) in [4.78, 5) is 12.2. The summed E-state index contributed by atoms with van der Waals surface area (Å²) in [5.74, 6) is 1.36. The molecule has 0 bridgehead atoms. The average Bonchev–Trinajstić information content (AvgIpc) is 3.01.